The zero-order chi connectivity index (χ0) is 26.9. The second-order valence-electron chi connectivity index (χ2n) is 10.3. The summed E-state index contributed by atoms with van der Waals surface area (Å²) in [5, 5.41) is 9.09. The number of fused-ring (bicyclic) bond motifs is 3. The van der Waals surface area contributed by atoms with Crippen molar-refractivity contribution in [2.45, 2.75) is 70.1 Å². The van der Waals surface area contributed by atoms with Gasteiger partial charge in [0.2, 0.25) is 5.91 Å². The van der Waals surface area contributed by atoms with Crippen LogP contribution in [0, 0.1) is 0 Å². The van der Waals surface area contributed by atoms with Crippen molar-refractivity contribution < 1.29 is 24.2 Å². The van der Waals surface area contributed by atoms with E-state index in [1.807, 2.05) is 40.1 Å². The maximum atomic E-state index is 13.5. The van der Waals surface area contributed by atoms with Crippen LogP contribution in [0.3, 0.4) is 0 Å². The van der Waals surface area contributed by atoms with Gasteiger partial charge in [-0.3, -0.25) is 19.3 Å². The van der Waals surface area contributed by atoms with E-state index in [0.29, 0.717) is 26.1 Å². The van der Waals surface area contributed by atoms with Crippen molar-refractivity contribution in [1.82, 2.24) is 9.80 Å². The number of carboxylic acids is 1. The van der Waals surface area contributed by atoms with Crippen LogP contribution in [-0.4, -0.2) is 71.6 Å². The van der Waals surface area contributed by atoms with Gasteiger partial charge in [-0.15, -0.1) is 0 Å². The number of hydrogen-bond donors (Lipinski definition) is 1. The quantitative estimate of drug-likeness (QED) is 0.563. The molecule has 8 heteroatoms. The Hall–Kier alpha value is -3.23. The third-order valence-corrected chi connectivity index (χ3v) is 7.68. The first kappa shape index (κ1) is 27.8. The van der Waals surface area contributed by atoms with Gasteiger partial charge in [0, 0.05) is 63.9 Å². The number of carbonyl (C=O) groups excluding carboxylic acids is 2. The fourth-order valence-electron chi connectivity index (χ4n) is 5.81. The van der Waals surface area contributed by atoms with Crippen LogP contribution in [0.25, 0.3) is 0 Å². The van der Waals surface area contributed by atoms with E-state index in [9.17, 15) is 14.4 Å². The molecule has 2 aliphatic heterocycles. The number of para-hydroxylation sites is 1. The van der Waals surface area contributed by atoms with Gasteiger partial charge in [0.25, 0.3) is 5.91 Å². The number of anilines is 1. The number of amides is 2. The monoisotopic (exact) mass is 521 g/mol. The van der Waals surface area contributed by atoms with Gasteiger partial charge < -0.3 is 19.6 Å². The summed E-state index contributed by atoms with van der Waals surface area (Å²) in [6.45, 7) is 2.31. The predicted molar refractivity (Wildman–Crippen MR) is 146 cm³/mol. The SMILES string of the molecule is COCC(=O)N1CCC2CCCC(CN(C(=O)CCCC(=O)O)Cc3ccccc31)N2Cc1ccccc1. The highest BCUT2D eigenvalue weighted by atomic mass is 16.5. The Labute approximate surface area is 225 Å². The first-order valence-electron chi connectivity index (χ1n) is 13.6. The maximum absolute atomic E-state index is 13.5. The van der Waals surface area contributed by atoms with Gasteiger partial charge in [0.05, 0.1) is 0 Å². The van der Waals surface area contributed by atoms with Crippen LogP contribution in [0.2, 0.25) is 0 Å². The summed E-state index contributed by atoms with van der Waals surface area (Å²) in [4.78, 5) is 44.0. The molecule has 204 valence electrons. The number of piperidine rings is 1. The summed E-state index contributed by atoms with van der Waals surface area (Å²) in [7, 11) is 1.53. The Bertz CT molecular complexity index is 1090. The number of carbonyl (C=O) groups is 3. The van der Waals surface area contributed by atoms with Gasteiger partial charge >= 0.3 is 5.97 Å². The second-order valence-corrected chi connectivity index (χ2v) is 10.3. The first-order valence-corrected chi connectivity index (χ1v) is 13.6. The zero-order valence-corrected chi connectivity index (χ0v) is 22.3. The van der Waals surface area contributed by atoms with E-state index in [4.69, 9.17) is 9.84 Å². The van der Waals surface area contributed by atoms with Crippen molar-refractivity contribution in [3.63, 3.8) is 0 Å². The van der Waals surface area contributed by atoms with Crippen LogP contribution in [0.4, 0.5) is 5.69 Å². The van der Waals surface area contributed by atoms with Crippen LogP contribution in [0.5, 0.6) is 0 Å². The Kier molecular flexibility index (Phi) is 9.90. The molecule has 2 bridgehead atoms. The molecule has 1 N–H and O–H groups in total. The smallest absolute Gasteiger partial charge is 0.303 e. The van der Waals surface area contributed by atoms with Crippen LogP contribution in [0.1, 0.15) is 56.1 Å². The Morgan fingerprint density at radius 2 is 1.66 bits per heavy atom. The number of carboxylic acid groups (broad SMARTS) is 1. The van der Waals surface area contributed by atoms with E-state index in [1.165, 1.54) is 12.7 Å². The van der Waals surface area contributed by atoms with Gasteiger partial charge in [-0.25, -0.2) is 0 Å². The highest BCUT2D eigenvalue weighted by Crippen LogP contribution is 2.32. The number of methoxy groups -OCH3 is 1. The molecule has 38 heavy (non-hydrogen) atoms. The summed E-state index contributed by atoms with van der Waals surface area (Å²) in [6.07, 6.45) is 4.42. The molecule has 8 nitrogen and oxygen atoms in total. The normalized spacial score (nSPS) is 20.3. The number of rotatable bonds is 8. The lowest BCUT2D eigenvalue weighted by molar-refractivity contribution is -0.137. The molecule has 2 unspecified atom stereocenters. The van der Waals surface area contributed by atoms with Crippen molar-refractivity contribution in [3.05, 3.63) is 65.7 Å². The van der Waals surface area contributed by atoms with Gasteiger partial charge in [0.15, 0.2) is 0 Å². The van der Waals surface area contributed by atoms with Crippen molar-refractivity contribution >= 4 is 23.5 Å². The molecule has 2 atom stereocenters. The summed E-state index contributed by atoms with van der Waals surface area (Å²) in [5.41, 5.74) is 2.95. The number of aliphatic carboxylic acids is 1. The molecule has 0 aromatic heterocycles. The molecule has 1 saturated heterocycles. The molecular formula is C30H39N3O5. The minimum Gasteiger partial charge on any atom is -0.481 e. The van der Waals surface area contributed by atoms with Crippen molar-refractivity contribution in [2.75, 3.05) is 31.7 Å². The standard InChI is InChI=1S/C30H39N3O5/c1-38-22-29(35)32-18-17-25-12-7-13-26(33(25)19-23-9-3-2-4-10-23)21-31(28(34)15-8-16-30(36)37)20-24-11-5-6-14-27(24)32/h2-6,9-11,14,25-26H,7-8,12-13,15-22H2,1H3,(H,36,37). The molecule has 0 saturated carbocycles. The summed E-state index contributed by atoms with van der Waals surface area (Å²) < 4.78 is 5.21. The fourth-order valence-corrected chi connectivity index (χ4v) is 5.81. The largest absolute Gasteiger partial charge is 0.481 e. The Morgan fingerprint density at radius 3 is 2.42 bits per heavy atom. The van der Waals surface area contributed by atoms with Gasteiger partial charge in [-0.1, -0.05) is 55.0 Å². The van der Waals surface area contributed by atoms with E-state index in [-0.39, 0.29) is 43.3 Å². The lowest BCUT2D eigenvalue weighted by atomic mass is 9.92. The van der Waals surface area contributed by atoms with E-state index in [2.05, 4.69) is 29.2 Å². The zero-order valence-electron chi connectivity index (χ0n) is 22.3. The lowest BCUT2D eigenvalue weighted by Crippen LogP contribution is -2.52. The van der Waals surface area contributed by atoms with Gasteiger partial charge in [-0.05, 0) is 42.9 Å². The van der Waals surface area contributed by atoms with Crippen LogP contribution in [0.15, 0.2) is 54.6 Å². The Morgan fingerprint density at radius 1 is 0.921 bits per heavy atom. The average Bonchev–Trinajstić information content (AvgIpc) is 2.91. The molecule has 0 spiro atoms. The molecule has 2 heterocycles. The summed E-state index contributed by atoms with van der Waals surface area (Å²) in [6, 6.07) is 18.6. The molecule has 0 aliphatic carbocycles. The van der Waals surface area contributed by atoms with Gasteiger partial charge in [-0.2, -0.15) is 0 Å². The third-order valence-electron chi connectivity index (χ3n) is 7.68. The van der Waals surface area contributed by atoms with Crippen LogP contribution < -0.4 is 4.90 Å². The summed E-state index contributed by atoms with van der Waals surface area (Å²) in [5.74, 6) is -1.03. The minimum absolute atomic E-state index is 0.00676. The average molecular weight is 522 g/mol. The third kappa shape index (κ3) is 7.20. The number of ether oxygens (including phenoxy) is 1. The first-order chi connectivity index (χ1) is 18.5. The van der Waals surface area contributed by atoms with E-state index >= 15 is 0 Å². The number of benzene rings is 2. The second kappa shape index (κ2) is 13.5. The molecule has 4 rings (SSSR count). The molecule has 2 aromatic rings. The topological polar surface area (TPSA) is 90.4 Å². The number of hydrogen-bond acceptors (Lipinski definition) is 5. The highest BCUT2D eigenvalue weighted by molar-refractivity contribution is 5.95. The van der Waals surface area contributed by atoms with E-state index in [1.54, 1.807) is 0 Å². The molecule has 0 radical (unpaired) electrons. The van der Waals surface area contributed by atoms with E-state index in [0.717, 1.165) is 43.5 Å². The van der Waals surface area contributed by atoms with Crippen molar-refractivity contribution in [3.8, 4) is 0 Å². The fraction of sp³-hybridized carbons (Fsp3) is 0.500. The Balaban J connectivity index is 1.70. The molecular weight excluding hydrogens is 482 g/mol. The van der Waals surface area contributed by atoms with Crippen molar-refractivity contribution in [2.24, 2.45) is 0 Å². The summed E-state index contributed by atoms with van der Waals surface area (Å²) >= 11 is 0. The molecule has 2 aromatic carbocycles. The molecule has 2 aliphatic rings. The van der Waals surface area contributed by atoms with Crippen LogP contribution in [-0.2, 0) is 32.2 Å². The highest BCUT2D eigenvalue weighted by Gasteiger charge is 2.34. The minimum atomic E-state index is -0.892. The number of nitrogens with zero attached hydrogens (tertiary/aromatic N) is 3. The van der Waals surface area contributed by atoms with Crippen LogP contribution >= 0.6 is 0 Å². The predicted octanol–water partition coefficient (Wildman–Crippen LogP) is 4.08. The van der Waals surface area contributed by atoms with Crippen molar-refractivity contribution in [1.29, 1.82) is 0 Å². The lowest BCUT2D eigenvalue weighted by Gasteiger charge is -2.44. The van der Waals surface area contributed by atoms with E-state index < -0.39 is 5.97 Å². The molecule has 2 amide bonds. The molecule has 1 fully saturated rings. The van der Waals surface area contributed by atoms with Gasteiger partial charge in [0.1, 0.15) is 6.61 Å². The maximum Gasteiger partial charge on any atom is 0.303 e.